The van der Waals surface area contributed by atoms with Crippen LogP contribution in [0.15, 0.2) is 0 Å². The van der Waals surface area contributed by atoms with Gasteiger partial charge < -0.3 is 10.0 Å². The Morgan fingerprint density at radius 1 is 1.15 bits per heavy atom. The number of aliphatic carboxylic acids is 1. The molecule has 1 amide bonds. The van der Waals surface area contributed by atoms with E-state index in [9.17, 15) is 9.59 Å². The van der Waals surface area contributed by atoms with Crippen LogP contribution in [-0.2, 0) is 9.59 Å². The molecule has 0 aromatic rings. The molecule has 0 aliphatic heterocycles. The van der Waals surface area contributed by atoms with Crippen LogP contribution < -0.4 is 0 Å². The van der Waals surface area contributed by atoms with Crippen LogP contribution in [0.2, 0.25) is 0 Å². The van der Waals surface area contributed by atoms with Crippen molar-refractivity contribution in [3.8, 4) is 0 Å². The molecule has 0 heterocycles. The van der Waals surface area contributed by atoms with Gasteiger partial charge in [0.25, 0.3) is 0 Å². The normalized spacial score (nSPS) is 18.0. The van der Waals surface area contributed by atoms with Crippen molar-refractivity contribution in [3.05, 3.63) is 0 Å². The van der Waals surface area contributed by atoms with Crippen LogP contribution in [0.25, 0.3) is 0 Å². The van der Waals surface area contributed by atoms with Gasteiger partial charge in [0.05, 0.1) is 5.92 Å². The number of hydrogen-bond acceptors (Lipinski definition) is 2. The highest BCUT2D eigenvalue weighted by Gasteiger charge is 2.23. The molecule has 1 rings (SSSR count). The molecule has 1 atom stereocenters. The van der Waals surface area contributed by atoms with Gasteiger partial charge in [-0.15, -0.1) is 0 Å². The average molecular weight is 283 g/mol. The molecule has 1 fully saturated rings. The molecule has 4 nitrogen and oxygen atoms in total. The third-order valence-electron chi connectivity index (χ3n) is 4.33. The predicted molar refractivity (Wildman–Crippen MR) is 79.5 cm³/mol. The van der Waals surface area contributed by atoms with Crippen LogP contribution >= 0.6 is 0 Å². The third-order valence-corrected chi connectivity index (χ3v) is 4.33. The monoisotopic (exact) mass is 283 g/mol. The highest BCUT2D eigenvalue weighted by molar-refractivity contribution is 5.77. The van der Waals surface area contributed by atoms with Gasteiger partial charge in [-0.25, -0.2) is 0 Å². The van der Waals surface area contributed by atoms with Crippen LogP contribution in [0.1, 0.15) is 65.7 Å². The fourth-order valence-corrected chi connectivity index (χ4v) is 2.92. The maximum Gasteiger partial charge on any atom is 0.308 e. The number of nitrogens with zero attached hydrogens (tertiary/aromatic N) is 1. The molecule has 1 saturated carbocycles. The van der Waals surface area contributed by atoms with Gasteiger partial charge in [-0.2, -0.15) is 0 Å². The predicted octanol–water partition coefficient (Wildman–Crippen LogP) is 3.30. The van der Waals surface area contributed by atoms with E-state index in [1.807, 2.05) is 13.8 Å². The summed E-state index contributed by atoms with van der Waals surface area (Å²) in [5.41, 5.74) is 0. The molecule has 0 spiro atoms. The van der Waals surface area contributed by atoms with Crippen molar-refractivity contribution in [2.75, 3.05) is 6.54 Å². The van der Waals surface area contributed by atoms with E-state index in [0.29, 0.717) is 18.9 Å². The fraction of sp³-hybridized carbons (Fsp3) is 0.875. The summed E-state index contributed by atoms with van der Waals surface area (Å²) < 4.78 is 0. The second-order valence-electron chi connectivity index (χ2n) is 6.42. The molecule has 0 radical (unpaired) electrons. The van der Waals surface area contributed by atoms with Gasteiger partial charge >= 0.3 is 5.97 Å². The molecule has 4 heteroatoms. The summed E-state index contributed by atoms with van der Waals surface area (Å²) in [6.45, 7) is 5.88. The second-order valence-corrected chi connectivity index (χ2v) is 6.42. The van der Waals surface area contributed by atoms with E-state index in [4.69, 9.17) is 5.11 Å². The summed E-state index contributed by atoms with van der Waals surface area (Å²) in [5.74, 6) is -0.538. The lowest BCUT2D eigenvalue weighted by Crippen LogP contribution is -2.41. The zero-order chi connectivity index (χ0) is 15.1. The summed E-state index contributed by atoms with van der Waals surface area (Å²) in [6, 6.07) is 0.0654. The maximum absolute atomic E-state index is 12.3. The van der Waals surface area contributed by atoms with Crippen molar-refractivity contribution >= 4 is 11.9 Å². The standard InChI is InChI=1S/C16H29NO3/c1-12(2)17(11-13(3)16(19)20)15(18)10-9-14-7-5-4-6-8-14/h12-14H,4-11H2,1-3H3,(H,19,20). The summed E-state index contributed by atoms with van der Waals surface area (Å²) in [6.07, 6.45) is 7.95. The molecule has 0 saturated heterocycles. The molecule has 1 aliphatic carbocycles. The van der Waals surface area contributed by atoms with E-state index in [1.165, 1.54) is 32.1 Å². The minimum Gasteiger partial charge on any atom is -0.481 e. The molecular weight excluding hydrogens is 254 g/mol. The first-order valence-corrected chi connectivity index (χ1v) is 7.94. The molecular formula is C16H29NO3. The molecule has 1 aliphatic rings. The van der Waals surface area contributed by atoms with Gasteiger partial charge in [-0.3, -0.25) is 9.59 Å². The Balaban J connectivity index is 2.44. The largest absolute Gasteiger partial charge is 0.481 e. The topological polar surface area (TPSA) is 57.6 Å². The van der Waals surface area contributed by atoms with Gasteiger partial charge in [0, 0.05) is 19.0 Å². The quantitative estimate of drug-likeness (QED) is 0.780. The molecule has 0 aromatic heterocycles. The van der Waals surface area contributed by atoms with Gasteiger partial charge in [-0.1, -0.05) is 39.0 Å². The first-order chi connectivity index (χ1) is 9.41. The third kappa shape index (κ3) is 5.51. The Labute approximate surface area is 122 Å². The van der Waals surface area contributed by atoms with Crippen molar-refractivity contribution in [2.24, 2.45) is 11.8 Å². The van der Waals surface area contributed by atoms with E-state index in [1.54, 1.807) is 11.8 Å². The van der Waals surface area contributed by atoms with E-state index in [0.717, 1.165) is 6.42 Å². The molecule has 0 bridgehead atoms. The van der Waals surface area contributed by atoms with Crippen molar-refractivity contribution < 1.29 is 14.7 Å². The van der Waals surface area contributed by atoms with Gasteiger partial charge in [0.1, 0.15) is 0 Å². The minimum absolute atomic E-state index is 0.0654. The first kappa shape index (κ1) is 17.0. The number of carbonyl (C=O) groups excluding carboxylic acids is 1. The Bertz CT molecular complexity index is 322. The van der Waals surface area contributed by atoms with Crippen LogP contribution in [0.5, 0.6) is 0 Å². The lowest BCUT2D eigenvalue weighted by Gasteiger charge is -2.29. The highest BCUT2D eigenvalue weighted by atomic mass is 16.4. The Hall–Kier alpha value is -1.06. The number of carboxylic acids is 1. The van der Waals surface area contributed by atoms with E-state index in [-0.39, 0.29) is 11.9 Å². The zero-order valence-corrected chi connectivity index (χ0v) is 13.1. The summed E-state index contributed by atoms with van der Waals surface area (Å²) >= 11 is 0. The minimum atomic E-state index is -0.837. The van der Waals surface area contributed by atoms with Crippen molar-refractivity contribution in [1.29, 1.82) is 0 Å². The lowest BCUT2D eigenvalue weighted by atomic mass is 9.86. The van der Waals surface area contributed by atoms with Gasteiger partial charge in [-0.05, 0) is 26.2 Å². The number of rotatable bonds is 7. The van der Waals surface area contributed by atoms with E-state index in [2.05, 4.69) is 0 Å². The smallest absolute Gasteiger partial charge is 0.308 e. The molecule has 20 heavy (non-hydrogen) atoms. The summed E-state index contributed by atoms with van der Waals surface area (Å²) in [5, 5.41) is 8.99. The van der Waals surface area contributed by atoms with Crippen LogP contribution in [-0.4, -0.2) is 34.5 Å². The van der Waals surface area contributed by atoms with Crippen LogP contribution in [0.4, 0.5) is 0 Å². The van der Waals surface area contributed by atoms with Gasteiger partial charge in [0.15, 0.2) is 0 Å². The van der Waals surface area contributed by atoms with Crippen molar-refractivity contribution in [3.63, 3.8) is 0 Å². The Kier molecular flexibility index (Phi) is 7.03. The molecule has 1 unspecified atom stereocenters. The fourth-order valence-electron chi connectivity index (χ4n) is 2.92. The Morgan fingerprint density at radius 2 is 1.75 bits per heavy atom. The number of hydrogen-bond donors (Lipinski definition) is 1. The molecule has 116 valence electrons. The Morgan fingerprint density at radius 3 is 2.25 bits per heavy atom. The van der Waals surface area contributed by atoms with Crippen molar-refractivity contribution in [1.82, 2.24) is 4.90 Å². The number of amides is 1. The molecule has 1 N–H and O–H groups in total. The maximum atomic E-state index is 12.3. The highest BCUT2D eigenvalue weighted by Crippen LogP contribution is 2.27. The first-order valence-electron chi connectivity index (χ1n) is 7.94. The van der Waals surface area contributed by atoms with Crippen molar-refractivity contribution in [2.45, 2.75) is 71.8 Å². The number of carboxylic acid groups (broad SMARTS) is 1. The molecule has 0 aromatic carbocycles. The lowest BCUT2D eigenvalue weighted by molar-refractivity contribution is -0.143. The zero-order valence-electron chi connectivity index (χ0n) is 13.1. The number of carbonyl (C=O) groups is 2. The van der Waals surface area contributed by atoms with E-state index < -0.39 is 11.9 Å². The summed E-state index contributed by atoms with van der Waals surface area (Å²) in [7, 11) is 0. The van der Waals surface area contributed by atoms with Gasteiger partial charge in [0.2, 0.25) is 5.91 Å². The van der Waals surface area contributed by atoms with Crippen LogP contribution in [0.3, 0.4) is 0 Å². The summed E-state index contributed by atoms with van der Waals surface area (Å²) in [4.78, 5) is 25.0. The second kappa shape index (κ2) is 8.28. The average Bonchev–Trinajstić information content (AvgIpc) is 2.42. The van der Waals surface area contributed by atoms with Crippen LogP contribution in [0, 0.1) is 11.8 Å². The SMILES string of the molecule is CC(CN(C(=O)CCC1CCCCC1)C(C)C)C(=O)O. The van der Waals surface area contributed by atoms with E-state index >= 15 is 0 Å².